The van der Waals surface area contributed by atoms with Crippen LogP contribution in [-0.4, -0.2) is 21.3 Å². The van der Waals surface area contributed by atoms with Crippen molar-refractivity contribution in [2.24, 2.45) is 7.05 Å². The molecule has 2 heterocycles. The van der Waals surface area contributed by atoms with E-state index in [0.717, 1.165) is 17.1 Å². The highest BCUT2D eigenvalue weighted by molar-refractivity contribution is 9.10. The van der Waals surface area contributed by atoms with Crippen LogP contribution in [0.1, 0.15) is 24.7 Å². The normalized spacial score (nSPS) is 23.3. The molecule has 0 aromatic carbocycles. The average Bonchev–Trinajstić information content (AvgIpc) is 2.64. The molecule has 1 aromatic rings. The Morgan fingerprint density at radius 3 is 2.92 bits per heavy atom. The number of halogens is 1. The average molecular weight is 231 g/mol. The van der Waals surface area contributed by atoms with Crippen molar-refractivity contribution in [3.05, 3.63) is 10.6 Å². The van der Waals surface area contributed by atoms with Gasteiger partial charge in [0.1, 0.15) is 0 Å². The van der Waals surface area contributed by atoms with E-state index in [9.17, 15) is 0 Å². The van der Waals surface area contributed by atoms with Crippen LogP contribution in [-0.2, 0) is 7.05 Å². The van der Waals surface area contributed by atoms with Gasteiger partial charge in [-0.1, -0.05) is 0 Å². The molecular formula is C7H11BrN4. The lowest BCUT2D eigenvalue weighted by atomic mass is 10.2. The first kappa shape index (κ1) is 8.19. The van der Waals surface area contributed by atoms with Crippen molar-refractivity contribution in [1.29, 1.82) is 0 Å². The van der Waals surface area contributed by atoms with Gasteiger partial charge >= 0.3 is 0 Å². The fraction of sp³-hybridized carbons (Fsp3) is 0.714. The summed E-state index contributed by atoms with van der Waals surface area (Å²) in [5.41, 5.74) is 0. The molecule has 4 nitrogen and oxygen atoms in total. The zero-order valence-electron chi connectivity index (χ0n) is 6.92. The molecule has 66 valence electrons. The lowest BCUT2D eigenvalue weighted by molar-refractivity contribution is 0.576. The summed E-state index contributed by atoms with van der Waals surface area (Å²) in [6.45, 7) is 1.09. The zero-order valence-corrected chi connectivity index (χ0v) is 8.50. The Bertz CT molecular complexity index is 277. The molecule has 1 saturated heterocycles. The first-order chi connectivity index (χ1) is 5.79. The Kier molecular flexibility index (Phi) is 2.14. The monoisotopic (exact) mass is 230 g/mol. The largest absolute Gasteiger partial charge is 0.307 e. The molecule has 1 N–H and O–H groups in total. The molecule has 0 radical (unpaired) electrons. The second kappa shape index (κ2) is 3.14. The van der Waals surface area contributed by atoms with Crippen molar-refractivity contribution in [3.63, 3.8) is 0 Å². The summed E-state index contributed by atoms with van der Waals surface area (Å²) in [7, 11) is 1.97. The quantitative estimate of drug-likeness (QED) is 0.784. The first-order valence-electron chi connectivity index (χ1n) is 4.07. The molecule has 2 rings (SSSR count). The number of hydrogen-bond acceptors (Lipinski definition) is 3. The molecule has 1 aromatic heterocycles. The minimum atomic E-state index is 0.397. The second-order valence-electron chi connectivity index (χ2n) is 3.04. The van der Waals surface area contributed by atoms with E-state index in [1.54, 1.807) is 0 Å². The topological polar surface area (TPSA) is 42.7 Å². The predicted octanol–water partition coefficient (Wildman–Crippen LogP) is 1.00. The van der Waals surface area contributed by atoms with Gasteiger partial charge in [0.25, 0.3) is 0 Å². The predicted molar refractivity (Wildman–Crippen MR) is 48.7 cm³/mol. The van der Waals surface area contributed by atoms with Crippen LogP contribution < -0.4 is 5.32 Å². The molecule has 1 aliphatic rings. The zero-order chi connectivity index (χ0) is 8.55. The Labute approximate surface area is 79.5 Å². The highest BCUT2D eigenvalue weighted by Crippen LogP contribution is 2.22. The van der Waals surface area contributed by atoms with Gasteiger partial charge in [-0.15, -0.1) is 10.2 Å². The standard InChI is InChI=1S/C7H11BrN4/c1-12-6(10-11-7(12)8)5-3-2-4-9-5/h5,9H,2-4H2,1H3/t5-/m1/s1. The van der Waals surface area contributed by atoms with E-state index in [4.69, 9.17) is 0 Å². The maximum atomic E-state index is 4.10. The smallest absolute Gasteiger partial charge is 0.199 e. The summed E-state index contributed by atoms with van der Waals surface area (Å²) < 4.78 is 2.77. The molecule has 0 amide bonds. The summed E-state index contributed by atoms with van der Waals surface area (Å²) >= 11 is 3.32. The van der Waals surface area contributed by atoms with Crippen molar-refractivity contribution in [2.75, 3.05) is 6.54 Å². The maximum Gasteiger partial charge on any atom is 0.199 e. The van der Waals surface area contributed by atoms with Crippen LogP contribution in [0.3, 0.4) is 0 Å². The lowest BCUT2D eigenvalue weighted by Crippen LogP contribution is -2.16. The van der Waals surface area contributed by atoms with Gasteiger partial charge in [-0.05, 0) is 35.3 Å². The van der Waals surface area contributed by atoms with Crippen LogP contribution in [0, 0.1) is 0 Å². The first-order valence-corrected chi connectivity index (χ1v) is 4.86. The van der Waals surface area contributed by atoms with E-state index >= 15 is 0 Å². The maximum absolute atomic E-state index is 4.10. The van der Waals surface area contributed by atoms with Gasteiger partial charge in [0, 0.05) is 7.05 Å². The van der Waals surface area contributed by atoms with Gasteiger partial charge in [0.2, 0.25) is 0 Å². The Hall–Kier alpha value is -0.420. The number of rotatable bonds is 1. The second-order valence-corrected chi connectivity index (χ2v) is 3.74. The third-order valence-electron chi connectivity index (χ3n) is 2.23. The number of nitrogens with zero attached hydrogens (tertiary/aromatic N) is 3. The number of hydrogen-bond donors (Lipinski definition) is 1. The van der Waals surface area contributed by atoms with Crippen molar-refractivity contribution < 1.29 is 0 Å². The van der Waals surface area contributed by atoms with Crippen LogP contribution in [0.5, 0.6) is 0 Å². The minimum absolute atomic E-state index is 0.397. The van der Waals surface area contributed by atoms with E-state index in [2.05, 4.69) is 31.4 Å². The summed E-state index contributed by atoms with van der Waals surface area (Å²) in [5, 5.41) is 11.4. The van der Waals surface area contributed by atoms with Gasteiger partial charge in [-0.25, -0.2) is 0 Å². The third kappa shape index (κ3) is 1.27. The third-order valence-corrected chi connectivity index (χ3v) is 2.92. The molecule has 0 bridgehead atoms. The van der Waals surface area contributed by atoms with E-state index < -0.39 is 0 Å². The summed E-state index contributed by atoms with van der Waals surface area (Å²) in [4.78, 5) is 0. The summed E-state index contributed by atoms with van der Waals surface area (Å²) in [6, 6.07) is 0.397. The molecule has 0 spiro atoms. The van der Waals surface area contributed by atoms with Crippen LogP contribution in [0.2, 0.25) is 0 Å². The Morgan fingerprint density at radius 2 is 2.42 bits per heavy atom. The van der Waals surface area contributed by atoms with E-state index in [-0.39, 0.29) is 0 Å². The van der Waals surface area contributed by atoms with Crippen molar-refractivity contribution in [3.8, 4) is 0 Å². The van der Waals surface area contributed by atoms with Gasteiger partial charge in [0.15, 0.2) is 10.6 Å². The van der Waals surface area contributed by atoms with Crippen molar-refractivity contribution in [1.82, 2.24) is 20.1 Å². The highest BCUT2D eigenvalue weighted by atomic mass is 79.9. The van der Waals surface area contributed by atoms with Gasteiger partial charge in [-0.2, -0.15) is 0 Å². The van der Waals surface area contributed by atoms with Gasteiger partial charge < -0.3 is 9.88 Å². The van der Waals surface area contributed by atoms with E-state index in [0.29, 0.717) is 6.04 Å². The SMILES string of the molecule is Cn1c(Br)nnc1[C@H]1CCCN1. The molecule has 0 unspecified atom stereocenters. The van der Waals surface area contributed by atoms with Crippen molar-refractivity contribution >= 4 is 15.9 Å². The van der Waals surface area contributed by atoms with E-state index in [1.165, 1.54) is 12.8 Å². The fourth-order valence-electron chi connectivity index (χ4n) is 1.53. The molecular weight excluding hydrogens is 220 g/mol. The van der Waals surface area contributed by atoms with Crippen LogP contribution in [0.4, 0.5) is 0 Å². The van der Waals surface area contributed by atoms with Crippen molar-refractivity contribution in [2.45, 2.75) is 18.9 Å². The molecule has 0 saturated carbocycles. The highest BCUT2D eigenvalue weighted by Gasteiger charge is 2.21. The summed E-state index contributed by atoms with van der Waals surface area (Å²) in [6.07, 6.45) is 2.40. The van der Waals surface area contributed by atoms with Gasteiger partial charge in [0.05, 0.1) is 6.04 Å². The fourth-order valence-corrected chi connectivity index (χ4v) is 1.79. The molecule has 12 heavy (non-hydrogen) atoms. The van der Waals surface area contributed by atoms with Gasteiger partial charge in [-0.3, -0.25) is 0 Å². The Morgan fingerprint density at radius 1 is 1.58 bits per heavy atom. The van der Waals surface area contributed by atoms with Crippen LogP contribution >= 0.6 is 15.9 Å². The number of nitrogens with one attached hydrogen (secondary N) is 1. The van der Waals surface area contributed by atoms with Crippen LogP contribution in [0.15, 0.2) is 4.73 Å². The van der Waals surface area contributed by atoms with E-state index in [1.807, 2.05) is 11.6 Å². The minimum Gasteiger partial charge on any atom is -0.307 e. The lowest BCUT2D eigenvalue weighted by Gasteiger charge is -2.08. The molecule has 5 heteroatoms. The molecule has 1 atom stereocenters. The molecule has 1 aliphatic heterocycles. The number of aromatic nitrogens is 3. The van der Waals surface area contributed by atoms with Crippen LogP contribution in [0.25, 0.3) is 0 Å². The molecule has 1 fully saturated rings. The Balaban J connectivity index is 2.26. The summed E-state index contributed by atoms with van der Waals surface area (Å²) in [5.74, 6) is 1.03. The molecule has 0 aliphatic carbocycles.